The molecule has 0 radical (unpaired) electrons. The van der Waals surface area contributed by atoms with Crippen molar-refractivity contribution in [3.8, 4) is 17.2 Å². The molecule has 4 heteroatoms. The first kappa shape index (κ1) is 12.6. The number of aromatic nitrogens is 1. The van der Waals surface area contributed by atoms with Gasteiger partial charge in [-0.05, 0) is 37.1 Å². The van der Waals surface area contributed by atoms with E-state index in [1.807, 2.05) is 37.3 Å². The lowest BCUT2D eigenvalue weighted by molar-refractivity contribution is 1.13. The number of hydrogen-bond acceptors (Lipinski definition) is 2. The van der Waals surface area contributed by atoms with Gasteiger partial charge >= 0.3 is 0 Å². The summed E-state index contributed by atoms with van der Waals surface area (Å²) in [6.07, 6.45) is 0. The second-order valence-corrected chi connectivity index (χ2v) is 5.00. The van der Waals surface area contributed by atoms with Crippen LogP contribution in [0.15, 0.2) is 33.5 Å². The number of pyridine rings is 1. The number of aryl methyl sites for hydroxylation is 2. The third-order valence-corrected chi connectivity index (χ3v) is 3.62. The predicted molar refractivity (Wildman–Crippen MR) is 74.4 cm³/mol. The molecule has 0 saturated carbocycles. The zero-order chi connectivity index (χ0) is 13.3. The van der Waals surface area contributed by atoms with E-state index in [9.17, 15) is 4.79 Å². The van der Waals surface area contributed by atoms with Crippen molar-refractivity contribution in [3.63, 3.8) is 0 Å². The van der Waals surface area contributed by atoms with E-state index in [1.165, 1.54) is 0 Å². The van der Waals surface area contributed by atoms with E-state index in [1.54, 1.807) is 6.92 Å². The molecule has 0 spiro atoms. The van der Waals surface area contributed by atoms with Gasteiger partial charge in [0.05, 0.1) is 0 Å². The first-order valence-electron chi connectivity index (χ1n) is 5.43. The average molecular weight is 303 g/mol. The highest BCUT2D eigenvalue weighted by atomic mass is 79.9. The Kier molecular flexibility index (Phi) is 3.35. The molecule has 0 unspecified atom stereocenters. The summed E-state index contributed by atoms with van der Waals surface area (Å²) in [5, 5.41) is 9.09. The highest BCUT2D eigenvalue weighted by Gasteiger charge is 2.10. The minimum absolute atomic E-state index is 0.149. The van der Waals surface area contributed by atoms with Crippen molar-refractivity contribution in [3.05, 3.63) is 55.9 Å². The van der Waals surface area contributed by atoms with Gasteiger partial charge in [-0.3, -0.25) is 4.79 Å². The lowest BCUT2D eigenvalue weighted by atomic mass is 10.0. The molecule has 1 aromatic carbocycles. The summed E-state index contributed by atoms with van der Waals surface area (Å²) in [7, 11) is 0. The van der Waals surface area contributed by atoms with Crippen LogP contribution in [0.25, 0.3) is 11.1 Å². The minimum Gasteiger partial charge on any atom is -0.325 e. The van der Waals surface area contributed by atoms with Gasteiger partial charge in [0.15, 0.2) is 0 Å². The molecule has 0 amide bonds. The van der Waals surface area contributed by atoms with Gasteiger partial charge in [-0.2, -0.15) is 5.26 Å². The van der Waals surface area contributed by atoms with Crippen LogP contribution in [-0.4, -0.2) is 4.98 Å². The Bertz CT molecular complexity index is 711. The standard InChI is InChI=1S/C14H11BrN2O/c1-8-3-4-10(6-13(8)15)11-5-9(2)17-14(18)12(11)7-16/h3-6H,1-2H3,(H,17,18). The average Bonchev–Trinajstić information content (AvgIpc) is 2.32. The molecule has 0 atom stereocenters. The highest BCUT2D eigenvalue weighted by molar-refractivity contribution is 9.10. The van der Waals surface area contributed by atoms with Gasteiger partial charge in [0.1, 0.15) is 11.6 Å². The Morgan fingerprint density at radius 1 is 1.28 bits per heavy atom. The molecule has 0 aliphatic rings. The van der Waals surface area contributed by atoms with Crippen molar-refractivity contribution < 1.29 is 0 Å². The van der Waals surface area contributed by atoms with Crippen LogP contribution in [0, 0.1) is 25.2 Å². The molecular weight excluding hydrogens is 292 g/mol. The first-order chi connectivity index (χ1) is 8.52. The van der Waals surface area contributed by atoms with E-state index in [0.717, 1.165) is 21.3 Å². The Morgan fingerprint density at radius 3 is 2.61 bits per heavy atom. The molecule has 0 aliphatic heterocycles. The number of nitrogens with zero attached hydrogens (tertiary/aromatic N) is 1. The molecule has 1 heterocycles. The van der Waals surface area contributed by atoms with Gasteiger partial charge in [0.2, 0.25) is 0 Å². The number of benzene rings is 1. The molecule has 2 aromatic rings. The van der Waals surface area contributed by atoms with Crippen molar-refractivity contribution in [2.75, 3.05) is 0 Å². The zero-order valence-electron chi connectivity index (χ0n) is 10.0. The predicted octanol–water partition coefficient (Wildman–Crippen LogP) is 3.29. The molecule has 0 saturated heterocycles. The van der Waals surface area contributed by atoms with Crippen LogP contribution in [0.2, 0.25) is 0 Å². The van der Waals surface area contributed by atoms with Crippen molar-refractivity contribution >= 4 is 15.9 Å². The van der Waals surface area contributed by atoms with Crippen LogP contribution in [0.3, 0.4) is 0 Å². The van der Waals surface area contributed by atoms with Gasteiger partial charge in [0.25, 0.3) is 5.56 Å². The SMILES string of the molecule is Cc1cc(-c2ccc(C)c(Br)c2)c(C#N)c(=O)[nH]1. The summed E-state index contributed by atoms with van der Waals surface area (Å²) in [6, 6.07) is 9.57. The van der Waals surface area contributed by atoms with E-state index in [4.69, 9.17) is 5.26 Å². The quantitative estimate of drug-likeness (QED) is 0.879. The summed E-state index contributed by atoms with van der Waals surface area (Å²) >= 11 is 3.46. The maximum atomic E-state index is 11.7. The fourth-order valence-electron chi connectivity index (χ4n) is 1.79. The van der Waals surface area contributed by atoms with E-state index < -0.39 is 0 Å². The normalized spacial score (nSPS) is 10.1. The monoisotopic (exact) mass is 302 g/mol. The van der Waals surface area contributed by atoms with Crippen LogP contribution in [0.1, 0.15) is 16.8 Å². The second kappa shape index (κ2) is 4.79. The topological polar surface area (TPSA) is 56.6 Å². The first-order valence-corrected chi connectivity index (χ1v) is 6.23. The Morgan fingerprint density at radius 2 is 2.00 bits per heavy atom. The van der Waals surface area contributed by atoms with E-state index in [0.29, 0.717) is 5.56 Å². The number of nitrogens with one attached hydrogen (secondary N) is 1. The summed E-state index contributed by atoms with van der Waals surface area (Å²) in [5.41, 5.74) is 3.18. The fourth-order valence-corrected chi connectivity index (χ4v) is 2.17. The minimum atomic E-state index is -0.343. The summed E-state index contributed by atoms with van der Waals surface area (Å²) in [4.78, 5) is 14.4. The Labute approximate surface area is 113 Å². The highest BCUT2D eigenvalue weighted by Crippen LogP contribution is 2.27. The van der Waals surface area contributed by atoms with Gasteiger partial charge in [-0.1, -0.05) is 28.1 Å². The maximum absolute atomic E-state index is 11.7. The van der Waals surface area contributed by atoms with Crippen LogP contribution >= 0.6 is 15.9 Å². The number of hydrogen-bond donors (Lipinski definition) is 1. The number of aromatic amines is 1. The lowest BCUT2D eigenvalue weighted by Crippen LogP contribution is -2.12. The van der Waals surface area contributed by atoms with Crippen molar-refractivity contribution in [1.82, 2.24) is 4.98 Å². The number of rotatable bonds is 1. The van der Waals surface area contributed by atoms with Crippen molar-refractivity contribution in [2.45, 2.75) is 13.8 Å². The Hall–Kier alpha value is -1.86. The lowest BCUT2D eigenvalue weighted by Gasteiger charge is -2.07. The molecule has 0 bridgehead atoms. The molecule has 18 heavy (non-hydrogen) atoms. The molecule has 0 fully saturated rings. The zero-order valence-corrected chi connectivity index (χ0v) is 11.6. The third kappa shape index (κ3) is 2.22. The summed E-state index contributed by atoms with van der Waals surface area (Å²) in [6.45, 7) is 3.79. The molecule has 1 N–H and O–H groups in total. The van der Waals surface area contributed by atoms with E-state index in [-0.39, 0.29) is 11.1 Å². The number of halogens is 1. The van der Waals surface area contributed by atoms with Gasteiger partial charge in [-0.25, -0.2) is 0 Å². The third-order valence-electron chi connectivity index (χ3n) is 2.76. The maximum Gasteiger partial charge on any atom is 0.266 e. The molecular formula is C14H11BrN2O. The Balaban J connectivity index is 2.75. The van der Waals surface area contributed by atoms with Crippen LogP contribution in [0.5, 0.6) is 0 Å². The van der Waals surface area contributed by atoms with Crippen LogP contribution < -0.4 is 5.56 Å². The van der Waals surface area contributed by atoms with Crippen LogP contribution in [-0.2, 0) is 0 Å². The van der Waals surface area contributed by atoms with Crippen molar-refractivity contribution in [2.24, 2.45) is 0 Å². The number of nitriles is 1. The molecule has 90 valence electrons. The van der Waals surface area contributed by atoms with Gasteiger partial charge in [0, 0.05) is 15.7 Å². The molecule has 0 aliphatic carbocycles. The summed E-state index contributed by atoms with van der Waals surface area (Å²) < 4.78 is 0.960. The van der Waals surface area contributed by atoms with E-state index >= 15 is 0 Å². The van der Waals surface area contributed by atoms with E-state index in [2.05, 4.69) is 20.9 Å². The van der Waals surface area contributed by atoms with Crippen molar-refractivity contribution in [1.29, 1.82) is 5.26 Å². The summed E-state index contributed by atoms with van der Waals surface area (Å²) in [5.74, 6) is 0. The second-order valence-electron chi connectivity index (χ2n) is 4.15. The molecule has 3 nitrogen and oxygen atoms in total. The number of H-pyrrole nitrogens is 1. The largest absolute Gasteiger partial charge is 0.325 e. The molecule has 1 aromatic heterocycles. The van der Waals surface area contributed by atoms with Crippen LogP contribution in [0.4, 0.5) is 0 Å². The fraction of sp³-hybridized carbons (Fsp3) is 0.143. The van der Waals surface area contributed by atoms with Gasteiger partial charge in [-0.15, -0.1) is 0 Å². The van der Waals surface area contributed by atoms with Gasteiger partial charge < -0.3 is 4.98 Å². The molecule has 2 rings (SSSR count). The smallest absolute Gasteiger partial charge is 0.266 e.